The number of aromatic carboxylic acids is 1. The van der Waals surface area contributed by atoms with Gasteiger partial charge in [-0.3, -0.25) is 0 Å². The molecule has 4 nitrogen and oxygen atoms in total. The van der Waals surface area contributed by atoms with Gasteiger partial charge in [-0.1, -0.05) is 18.5 Å². The zero-order valence-electron chi connectivity index (χ0n) is 9.69. The van der Waals surface area contributed by atoms with Crippen LogP contribution in [-0.4, -0.2) is 28.6 Å². The number of carboxylic acids is 1. The van der Waals surface area contributed by atoms with Crippen molar-refractivity contribution in [2.45, 2.75) is 32.2 Å². The number of halogens is 1. The second kappa shape index (κ2) is 4.92. The summed E-state index contributed by atoms with van der Waals surface area (Å²) in [7, 11) is 0. The quantitative estimate of drug-likeness (QED) is 0.843. The average Bonchev–Trinajstić information content (AvgIpc) is 2.76. The molecule has 1 aliphatic heterocycles. The molecule has 1 aromatic rings. The number of rotatable bonds is 3. The molecule has 5 heteroatoms. The SMILES string of the molecule is CCC1CCCN1c1cc(C(=O)O)cc(Cl)n1. The predicted molar refractivity (Wildman–Crippen MR) is 66.9 cm³/mol. The van der Waals surface area contributed by atoms with Crippen molar-refractivity contribution in [2.75, 3.05) is 11.4 Å². The summed E-state index contributed by atoms with van der Waals surface area (Å²) >= 11 is 5.86. The summed E-state index contributed by atoms with van der Waals surface area (Å²) in [6, 6.07) is 3.43. The van der Waals surface area contributed by atoms with Crippen molar-refractivity contribution in [3.63, 3.8) is 0 Å². The van der Waals surface area contributed by atoms with E-state index in [9.17, 15) is 4.79 Å². The number of pyridine rings is 1. The van der Waals surface area contributed by atoms with E-state index >= 15 is 0 Å². The molecule has 1 atom stereocenters. The maximum atomic E-state index is 11.0. The van der Waals surface area contributed by atoms with Crippen LogP contribution in [0.15, 0.2) is 12.1 Å². The lowest BCUT2D eigenvalue weighted by molar-refractivity contribution is 0.0697. The second-order valence-electron chi connectivity index (χ2n) is 4.24. The summed E-state index contributed by atoms with van der Waals surface area (Å²) in [5.74, 6) is -0.290. The van der Waals surface area contributed by atoms with Crippen LogP contribution in [0.1, 0.15) is 36.5 Å². The highest BCUT2D eigenvalue weighted by Gasteiger charge is 2.25. The van der Waals surface area contributed by atoms with Gasteiger partial charge < -0.3 is 10.0 Å². The number of hydrogen-bond acceptors (Lipinski definition) is 3. The van der Waals surface area contributed by atoms with Gasteiger partial charge in [0, 0.05) is 12.6 Å². The Morgan fingerprint density at radius 3 is 3.06 bits per heavy atom. The molecule has 2 rings (SSSR count). The number of aromatic nitrogens is 1. The maximum Gasteiger partial charge on any atom is 0.335 e. The summed E-state index contributed by atoms with van der Waals surface area (Å²) in [5, 5.41) is 9.23. The molecule has 0 aromatic carbocycles. The average molecular weight is 255 g/mol. The summed E-state index contributed by atoms with van der Waals surface area (Å²) in [6.45, 7) is 3.05. The smallest absolute Gasteiger partial charge is 0.335 e. The van der Waals surface area contributed by atoms with Crippen molar-refractivity contribution in [3.05, 3.63) is 22.8 Å². The number of carbonyl (C=O) groups is 1. The van der Waals surface area contributed by atoms with Gasteiger partial charge in [-0.2, -0.15) is 0 Å². The molecule has 0 saturated carbocycles. The van der Waals surface area contributed by atoms with Crippen LogP contribution in [0.5, 0.6) is 0 Å². The van der Waals surface area contributed by atoms with E-state index in [2.05, 4.69) is 16.8 Å². The molecule has 92 valence electrons. The number of anilines is 1. The van der Waals surface area contributed by atoms with Gasteiger partial charge in [-0.15, -0.1) is 0 Å². The molecular formula is C12H15ClN2O2. The van der Waals surface area contributed by atoms with Gasteiger partial charge in [-0.05, 0) is 31.4 Å². The van der Waals surface area contributed by atoms with Gasteiger partial charge >= 0.3 is 5.97 Å². The van der Waals surface area contributed by atoms with E-state index in [0.29, 0.717) is 11.9 Å². The van der Waals surface area contributed by atoms with Crippen molar-refractivity contribution in [1.82, 2.24) is 4.98 Å². The lowest BCUT2D eigenvalue weighted by Gasteiger charge is -2.25. The lowest BCUT2D eigenvalue weighted by Crippen LogP contribution is -2.29. The molecule has 1 N–H and O–H groups in total. The van der Waals surface area contributed by atoms with Crippen molar-refractivity contribution in [2.24, 2.45) is 0 Å². The van der Waals surface area contributed by atoms with Gasteiger partial charge in [0.15, 0.2) is 0 Å². The minimum Gasteiger partial charge on any atom is -0.478 e. The Kier molecular flexibility index (Phi) is 3.52. The van der Waals surface area contributed by atoms with Gasteiger partial charge in [0.2, 0.25) is 0 Å². The summed E-state index contributed by atoms with van der Waals surface area (Å²) in [5.41, 5.74) is 0.196. The molecule has 1 aromatic heterocycles. The summed E-state index contributed by atoms with van der Waals surface area (Å²) in [4.78, 5) is 17.3. The van der Waals surface area contributed by atoms with E-state index < -0.39 is 5.97 Å². The normalized spacial score (nSPS) is 19.6. The summed E-state index contributed by atoms with van der Waals surface area (Å²) in [6.07, 6.45) is 3.29. The Bertz CT molecular complexity index is 437. The minimum absolute atomic E-state index is 0.196. The maximum absolute atomic E-state index is 11.0. The fraction of sp³-hybridized carbons (Fsp3) is 0.500. The van der Waals surface area contributed by atoms with Crippen LogP contribution in [-0.2, 0) is 0 Å². The molecule has 1 fully saturated rings. The lowest BCUT2D eigenvalue weighted by atomic mass is 10.1. The molecule has 0 radical (unpaired) electrons. The monoisotopic (exact) mass is 254 g/mol. The standard InChI is InChI=1S/C12H15ClN2O2/c1-2-9-4-3-5-15(9)11-7-8(12(16)17)6-10(13)14-11/h6-7,9H,2-5H2,1H3,(H,16,17). The van der Waals surface area contributed by atoms with Crippen LogP contribution in [0, 0.1) is 0 Å². The van der Waals surface area contributed by atoms with Crippen LogP contribution in [0.25, 0.3) is 0 Å². The van der Waals surface area contributed by atoms with E-state index in [-0.39, 0.29) is 10.7 Å². The fourth-order valence-electron chi connectivity index (χ4n) is 2.32. The molecule has 0 bridgehead atoms. The highest BCUT2D eigenvalue weighted by atomic mass is 35.5. The predicted octanol–water partition coefficient (Wildman–Crippen LogP) is 2.81. The van der Waals surface area contributed by atoms with Gasteiger partial charge in [0.25, 0.3) is 0 Å². The van der Waals surface area contributed by atoms with Crippen LogP contribution < -0.4 is 4.90 Å². The van der Waals surface area contributed by atoms with E-state index in [1.807, 2.05) is 0 Å². The molecule has 0 aliphatic carbocycles. The van der Waals surface area contributed by atoms with E-state index in [4.69, 9.17) is 16.7 Å². The molecule has 17 heavy (non-hydrogen) atoms. The van der Waals surface area contributed by atoms with Crippen molar-refractivity contribution >= 4 is 23.4 Å². The summed E-state index contributed by atoms with van der Waals surface area (Å²) < 4.78 is 0. The highest BCUT2D eigenvalue weighted by molar-refractivity contribution is 6.29. The van der Waals surface area contributed by atoms with E-state index in [1.54, 1.807) is 6.07 Å². The van der Waals surface area contributed by atoms with Gasteiger partial charge in [0.1, 0.15) is 11.0 Å². The van der Waals surface area contributed by atoms with Crippen LogP contribution in [0.4, 0.5) is 5.82 Å². The second-order valence-corrected chi connectivity index (χ2v) is 4.63. The third-order valence-electron chi connectivity index (χ3n) is 3.17. The van der Waals surface area contributed by atoms with Gasteiger partial charge in [0.05, 0.1) is 5.56 Å². The topological polar surface area (TPSA) is 53.4 Å². The number of nitrogens with zero attached hydrogens (tertiary/aromatic N) is 2. The van der Waals surface area contributed by atoms with Crippen LogP contribution >= 0.6 is 11.6 Å². The molecule has 1 unspecified atom stereocenters. The fourth-order valence-corrected chi connectivity index (χ4v) is 2.52. The Morgan fingerprint density at radius 1 is 1.65 bits per heavy atom. The van der Waals surface area contributed by atoms with E-state index in [0.717, 1.165) is 25.8 Å². The van der Waals surface area contributed by atoms with Crippen molar-refractivity contribution in [1.29, 1.82) is 0 Å². The largest absolute Gasteiger partial charge is 0.478 e. The van der Waals surface area contributed by atoms with Crippen molar-refractivity contribution in [3.8, 4) is 0 Å². The third kappa shape index (κ3) is 2.52. The first kappa shape index (κ1) is 12.2. The number of carboxylic acid groups (broad SMARTS) is 1. The Hall–Kier alpha value is -1.29. The molecule has 1 saturated heterocycles. The molecular weight excluding hydrogens is 240 g/mol. The first-order chi connectivity index (χ1) is 8.11. The zero-order valence-corrected chi connectivity index (χ0v) is 10.4. The zero-order chi connectivity index (χ0) is 12.4. The highest BCUT2D eigenvalue weighted by Crippen LogP contribution is 2.27. The molecule has 2 heterocycles. The Balaban J connectivity index is 2.34. The van der Waals surface area contributed by atoms with Crippen LogP contribution in [0.3, 0.4) is 0 Å². The minimum atomic E-state index is -0.970. The van der Waals surface area contributed by atoms with E-state index in [1.165, 1.54) is 6.07 Å². The number of hydrogen-bond donors (Lipinski definition) is 1. The first-order valence-electron chi connectivity index (χ1n) is 5.79. The third-order valence-corrected chi connectivity index (χ3v) is 3.36. The van der Waals surface area contributed by atoms with Gasteiger partial charge in [-0.25, -0.2) is 9.78 Å². The first-order valence-corrected chi connectivity index (χ1v) is 6.17. The Labute approximate surface area is 105 Å². The molecule has 1 aliphatic rings. The van der Waals surface area contributed by atoms with Crippen LogP contribution in [0.2, 0.25) is 5.15 Å². The Morgan fingerprint density at radius 2 is 2.41 bits per heavy atom. The molecule has 0 spiro atoms. The van der Waals surface area contributed by atoms with Crippen molar-refractivity contribution < 1.29 is 9.90 Å². The molecule has 0 amide bonds.